The van der Waals surface area contributed by atoms with E-state index in [1.165, 1.54) is 11.6 Å². The molecule has 4 nitrogen and oxygen atoms in total. The molecular weight excluding hydrogens is 338 g/mol. The number of hydrogen-bond acceptors (Lipinski definition) is 3. The smallest absolute Gasteiger partial charge is 0.262 e. The van der Waals surface area contributed by atoms with Crippen molar-refractivity contribution in [3.63, 3.8) is 0 Å². The molecule has 0 unspecified atom stereocenters. The van der Waals surface area contributed by atoms with Crippen molar-refractivity contribution in [2.45, 2.75) is 26.7 Å². The third-order valence-corrected chi connectivity index (χ3v) is 4.61. The van der Waals surface area contributed by atoms with Crippen molar-refractivity contribution in [1.29, 1.82) is 0 Å². The summed E-state index contributed by atoms with van der Waals surface area (Å²) >= 11 is 6.76. The maximum atomic E-state index is 11.8. The second-order valence-electron chi connectivity index (χ2n) is 5.65. The van der Waals surface area contributed by atoms with Gasteiger partial charge < -0.3 is 5.32 Å². The van der Waals surface area contributed by atoms with Gasteiger partial charge >= 0.3 is 0 Å². The van der Waals surface area contributed by atoms with Crippen LogP contribution in [0.25, 0.3) is 6.08 Å². The van der Waals surface area contributed by atoms with Crippen LogP contribution in [0.3, 0.4) is 0 Å². The predicted molar refractivity (Wildman–Crippen MR) is 106 cm³/mol. The molecule has 0 bridgehead atoms. The number of thiophene rings is 1. The van der Waals surface area contributed by atoms with E-state index in [1.807, 2.05) is 30.5 Å². The average molecular weight is 360 g/mol. The quantitative estimate of drug-likeness (QED) is 0.435. The number of thiocarbonyl (C=S) groups is 1. The summed E-state index contributed by atoms with van der Waals surface area (Å²) in [7, 11) is 0. The first-order valence-corrected chi connectivity index (χ1v) is 8.93. The lowest BCUT2D eigenvalue weighted by molar-refractivity contribution is -0.116. The summed E-state index contributed by atoms with van der Waals surface area (Å²) in [5.74, 6) is 0.226. The molecule has 2 rings (SSSR count). The fourth-order valence-corrected chi connectivity index (χ4v) is 2.97. The van der Waals surface area contributed by atoms with E-state index < -0.39 is 0 Å². The minimum absolute atomic E-state index is 0.262. The fourth-order valence-electron chi connectivity index (χ4n) is 1.98. The fraction of sp³-hybridized carbons (Fsp3) is 0.222. The molecule has 0 aliphatic rings. The number of anilines is 1. The van der Waals surface area contributed by atoms with Crippen molar-refractivity contribution < 1.29 is 4.79 Å². The Morgan fingerprint density at radius 1 is 1.17 bits per heavy atom. The van der Waals surface area contributed by atoms with Crippen LogP contribution < -0.4 is 16.2 Å². The molecular formula is C18H21N3OS2. The first-order chi connectivity index (χ1) is 11.5. The standard InChI is InChI=1S/C18H21N3OS2/c1-12(2)14-4-6-15(7-5-14)19-18(23)21-20-17(22)9-8-16-13(3)10-11-24-16/h4-12H,1-3H3,(H,20,22)(H2,19,21,23)/b9-8+. The Labute approximate surface area is 151 Å². The number of nitrogens with one attached hydrogen (secondary N) is 3. The van der Waals surface area contributed by atoms with Gasteiger partial charge in [0.2, 0.25) is 0 Å². The number of amides is 1. The lowest BCUT2D eigenvalue weighted by atomic mass is 10.0. The Balaban J connectivity index is 1.79. The molecule has 0 atom stereocenters. The minimum atomic E-state index is -0.262. The van der Waals surface area contributed by atoms with Crippen LogP contribution in [0, 0.1) is 6.92 Å². The molecule has 126 valence electrons. The van der Waals surface area contributed by atoms with Gasteiger partial charge in [0.05, 0.1) is 0 Å². The van der Waals surface area contributed by atoms with Crippen LogP contribution in [-0.2, 0) is 4.79 Å². The summed E-state index contributed by atoms with van der Waals surface area (Å²) in [5, 5.41) is 5.36. The van der Waals surface area contributed by atoms with Crippen LogP contribution in [0.2, 0.25) is 0 Å². The van der Waals surface area contributed by atoms with Gasteiger partial charge in [-0.3, -0.25) is 15.6 Å². The van der Waals surface area contributed by atoms with E-state index >= 15 is 0 Å². The number of hydrogen-bond donors (Lipinski definition) is 3. The number of hydrazine groups is 1. The SMILES string of the molecule is Cc1ccsc1/C=C/C(=O)NNC(=S)Nc1ccc(C(C)C)cc1. The first-order valence-electron chi connectivity index (χ1n) is 7.65. The van der Waals surface area contributed by atoms with E-state index in [4.69, 9.17) is 12.2 Å². The molecule has 1 aromatic heterocycles. The van der Waals surface area contributed by atoms with Crippen LogP contribution >= 0.6 is 23.6 Å². The number of carbonyl (C=O) groups excluding carboxylic acids is 1. The van der Waals surface area contributed by atoms with E-state index in [-0.39, 0.29) is 5.91 Å². The molecule has 0 radical (unpaired) electrons. The van der Waals surface area contributed by atoms with Gasteiger partial charge in [0.15, 0.2) is 5.11 Å². The van der Waals surface area contributed by atoms with Gasteiger partial charge in [-0.05, 0) is 65.8 Å². The monoisotopic (exact) mass is 359 g/mol. The van der Waals surface area contributed by atoms with Crippen molar-refractivity contribution in [2.75, 3.05) is 5.32 Å². The summed E-state index contributed by atoms with van der Waals surface area (Å²) in [4.78, 5) is 12.8. The summed E-state index contributed by atoms with van der Waals surface area (Å²) in [6, 6.07) is 10.1. The van der Waals surface area contributed by atoms with E-state index in [0.29, 0.717) is 11.0 Å². The second kappa shape index (κ2) is 8.61. The number of benzene rings is 1. The maximum absolute atomic E-state index is 11.8. The van der Waals surface area contributed by atoms with Crippen molar-refractivity contribution >= 4 is 46.3 Å². The average Bonchev–Trinajstić information content (AvgIpc) is 2.96. The van der Waals surface area contributed by atoms with E-state index in [1.54, 1.807) is 17.4 Å². The number of rotatable bonds is 4. The zero-order chi connectivity index (χ0) is 17.5. The number of carbonyl (C=O) groups is 1. The molecule has 0 saturated carbocycles. The van der Waals surface area contributed by atoms with Gasteiger partial charge in [-0.25, -0.2) is 0 Å². The molecule has 2 aromatic rings. The Morgan fingerprint density at radius 2 is 1.88 bits per heavy atom. The van der Waals surface area contributed by atoms with Crippen LogP contribution in [0.1, 0.15) is 35.8 Å². The summed E-state index contributed by atoms with van der Waals surface area (Å²) in [5.41, 5.74) is 8.51. The molecule has 24 heavy (non-hydrogen) atoms. The number of aryl methyl sites for hydroxylation is 1. The van der Waals surface area contributed by atoms with Gasteiger partial charge in [-0.15, -0.1) is 11.3 Å². The van der Waals surface area contributed by atoms with Crippen molar-refractivity contribution in [1.82, 2.24) is 10.9 Å². The molecule has 1 aromatic carbocycles. The highest BCUT2D eigenvalue weighted by Crippen LogP contribution is 2.17. The molecule has 0 saturated heterocycles. The Bertz CT molecular complexity index is 733. The highest BCUT2D eigenvalue weighted by Gasteiger charge is 2.02. The summed E-state index contributed by atoms with van der Waals surface area (Å²) < 4.78 is 0. The molecule has 0 aliphatic carbocycles. The molecule has 0 spiro atoms. The third kappa shape index (κ3) is 5.47. The summed E-state index contributed by atoms with van der Waals surface area (Å²) in [6.45, 7) is 6.31. The predicted octanol–water partition coefficient (Wildman–Crippen LogP) is 4.21. The Hall–Kier alpha value is -2.18. The highest BCUT2D eigenvalue weighted by molar-refractivity contribution is 7.80. The normalized spacial score (nSPS) is 10.8. The minimum Gasteiger partial charge on any atom is -0.331 e. The van der Waals surface area contributed by atoms with Gasteiger partial charge in [0.25, 0.3) is 5.91 Å². The topological polar surface area (TPSA) is 53.2 Å². The van der Waals surface area contributed by atoms with Crippen molar-refractivity contribution in [3.05, 3.63) is 57.8 Å². The van der Waals surface area contributed by atoms with Crippen molar-refractivity contribution in [3.8, 4) is 0 Å². The van der Waals surface area contributed by atoms with Crippen molar-refractivity contribution in [2.24, 2.45) is 0 Å². The van der Waals surface area contributed by atoms with Gasteiger partial charge in [-0.1, -0.05) is 26.0 Å². The second-order valence-corrected chi connectivity index (χ2v) is 7.00. The molecule has 6 heteroatoms. The Kier molecular flexibility index (Phi) is 6.52. The third-order valence-electron chi connectivity index (χ3n) is 3.42. The van der Waals surface area contributed by atoms with E-state index in [0.717, 1.165) is 16.1 Å². The van der Waals surface area contributed by atoms with Crippen LogP contribution in [0.15, 0.2) is 41.8 Å². The van der Waals surface area contributed by atoms with Gasteiger partial charge in [-0.2, -0.15) is 0 Å². The zero-order valence-electron chi connectivity index (χ0n) is 13.9. The largest absolute Gasteiger partial charge is 0.331 e. The van der Waals surface area contributed by atoms with Crippen LogP contribution in [-0.4, -0.2) is 11.0 Å². The first kappa shape index (κ1) is 18.2. The van der Waals surface area contributed by atoms with Crippen LogP contribution in [0.5, 0.6) is 0 Å². The lowest BCUT2D eigenvalue weighted by Gasteiger charge is -2.11. The highest BCUT2D eigenvalue weighted by atomic mass is 32.1. The molecule has 0 fully saturated rings. The molecule has 1 amide bonds. The summed E-state index contributed by atoms with van der Waals surface area (Å²) in [6.07, 6.45) is 3.27. The van der Waals surface area contributed by atoms with Gasteiger partial charge in [0.1, 0.15) is 0 Å². The molecule has 1 heterocycles. The lowest BCUT2D eigenvalue weighted by Crippen LogP contribution is -2.43. The van der Waals surface area contributed by atoms with E-state index in [9.17, 15) is 4.79 Å². The zero-order valence-corrected chi connectivity index (χ0v) is 15.6. The maximum Gasteiger partial charge on any atom is 0.262 e. The van der Waals surface area contributed by atoms with E-state index in [2.05, 4.69) is 42.1 Å². The molecule has 3 N–H and O–H groups in total. The molecule has 0 aliphatic heterocycles. The van der Waals surface area contributed by atoms with Gasteiger partial charge in [0, 0.05) is 16.6 Å². The van der Waals surface area contributed by atoms with Crippen LogP contribution in [0.4, 0.5) is 5.69 Å². The Morgan fingerprint density at radius 3 is 2.46 bits per heavy atom.